The van der Waals surface area contributed by atoms with Crippen molar-refractivity contribution in [3.63, 3.8) is 0 Å². The Labute approximate surface area is 125 Å². The molecular weight excluding hydrogens is 274 g/mol. The Hall–Kier alpha value is -1.49. The molecule has 0 aliphatic carbocycles. The lowest BCUT2D eigenvalue weighted by atomic mass is 10.1. The molecule has 118 valence electrons. The number of halogens is 2. The van der Waals surface area contributed by atoms with E-state index in [2.05, 4.69) is 10.6 Å². The van der Waals surface area contributed by atoms with Crippen molar-refractivity contribution in [2.24, 2.45) is 0 Å². The minimum Gasteiger partial charge on any atom is -0.352 e. The first-order chi connectivity index (χ1) is 9.96. The molecule has 1 aromatic rings. The molecule has 0 fully saturated rings. The first-order valence-electron chi connectivity index (χ1n) is 7.45. The van der Waals surface area contributed by atoms with Gasteiger partial charge in [0.25, 0.3) is 0 Å². The molecule has 0 heterocycles. The number of amides is 1. The highest BCUT2D eigenvalue weighted by Gasteiger charge is 2.15. The normalized spacial score (nSPS) is 12.5. The lowest BCUT2D eigenvalue weighted by Crippen LogP contribution is -2.46. The lowest BCUT2D eigenvalue weighted by Gasteiger charge is -2.19. The number of carbonyl (C=O) groups excluding carboxylic acids is 1. The summed E-state index contributed by atoms with van der Waals surface area (Å²) in [5.41, 5.74) is 0.576. The van der Waals surface area contributed by atoms with Crippen LogP contribution in [-0.2, 0) is 11.2 Å². The topological polar surface area (TPSA) is 41.1 Å². The van der Waals surface area contributed by atoms with Crippen LogP contribution in [0.5, 0.6) is 0 Å². The van der Waals surface area contributed by atoms with Gasteiger partial charge in [0, 0.05) is 12.1 Å². The fraction of sp³-hybridized carbons (Fsp3) is 0.562. The third-order valence-electron chi connectivity index (χ3n) is 3.51. The van der Waals surface area contributed by atoms with Crippen LogP contribution < -0.4 is 10.6 Å². The molecule has 0 radical (unpaired) electrons. The zero-order chi connectivity index (χ0) is 15.8. The Morgan fingerprint density at radius 3 is 2.24 bits per heavy atom. The van der Waals surface area contributed by atoms with E-state index in [0.717, 1.165) is 18.9 Å². The summed E-state index contributed by atoms with van der Waals surface area (Å²) >= 11 is 0. The zero-order valence-corrected chi connectivity index (χ0v) is 12.9. The molecule has 0 saturated heterocycles. The van der Waals surface area contributed by atoms with Crippen LogP contribution in [0.3, 0.4) is 0 Å². The summed E-state index contributed by atoms with van der Waals surface area (Å²) in [5.74, 6) is -1.21. The van der Waals surface area contributed by atoms with Crippen LogP contribution >= 0.6 is 0 Å². The number of hydrogen-bond acceptors (Lipinski definition) is 2. The van der Waals surface area contributed by atoms with Crippen molar-refractivity contribution in [3.8, 4) is 0 Å². The molecule has 0 saturated carbocycles. The number of hydrogen-bond donors (Lipinski definition) is 2. The molecule has 0 spiro atoms. The predicted octanol–water partition coefficient (Wildman–Crippen LogP) is 2.79. The van der Waals surface area contributed by atoms with Gasteiger partial charge in [-0.1, -0.05) is 13.8 Å². The highest BCUT2D eigenvalue weighted by atomic mass is 19.1. The van der Waals surface area contributed by atoms with Gasteiger partial charge in [-0.2, -0.15) is 0 Å². The van der Waals surface area contributed by atoms with Crippen LogP contribution in [0, 0.1) is 11.6 Å². The summed E-state index contributed by atoms with van der Waals surface area (Å²) in [4.78, 5) is 11.9. The molecule has 1 amide bonds. The first-order valence-corrected chi connectivity index (χ1v) is 7.45. The Balaban J connectivity index is 2.39. The number of benzene rings is 1. The highest BCUT2D eigenvalue weighted by Crippen LogP contribution is 2.08. The average Bonchev–Trinajstić information content (AvgIpc) is 2.43. The molecule has 5 heteroatoms. The van der Waals surface area contributed by atoms with E-state index in [0.29, 0.717) is 18.5 Å². The van der Waals surface area contributed by atoms with Gasteiger partial charge in [0.1, 0.15) is 11.6 Å². The molecule has 0 bridgehead atoms. The van der Waals surface area contributed by atoms with E-state index in [-0.39, 0.29) is 18.0 Å². The van der Waals surface area contributed by atoms with E-state index in [9.17, 15) is 13.6 Å². The van der Waals surface area contributed by atoms with E-state index in [1.807, 2.05) is 13.8 Å². The van der Waals surface area contributed by atoms with Gasteiger partial charge >= 0.3 is 0 Å². The second-order valence-electron chi connectivity index (χ2n) is 5.23. The van der Waals surface area contributed by atoms with E-state index >= 15 is 0 Å². The fourth-order valence-electron chi connectivity index (χ4n) is 2.10. The zero-order valence-electron chi connectivity index (χ0n) is 12.9. The van der Waals surface area contributed by atoms with Crippen molar-refractivity contribution < 1.29 is 13.6 Å². The van der Waals surface area contributed by atoms with E-state index in [1.54, 1.807) is 6.92 Å². The molecular formula is C16H24F2N2O. The van der Waals surface area contributed by atoms with Gasteiger partial charge in [-0.25, -0.2) is 8.78 Å². The standard InChI is InChI=1S/C16H24F2N2O/c1-4-15(5-2)20-16(21)11(3)19-7-6-12-8-13(17)10-14(18)9-12/h8-11,15,19H,4-7H2,1-3H3,(H,20,21). The van der Waals surface area contributed by atoms with Crippen molar-refractivity contribution >= 4 is 5.91 Å². The van der Waals surface area contributed by atoms with Crippen molar-refractivity contribution in [2.45, 2.75) is 52.1 Å². The van der Waals surface area contributed by atoms with Gasteiger partial charge in [0.2, 0.25) is 5.91 Å². The smallest absolute Gasteiger partial charge is 0.237 e. The van der Waals surface area contributed by atoms with Crippen LogP contribution in [-0.4, -0.2) is 24.5 Å². The summed E-state index contributed by atoms with van der Waals surface area (Å²) in [5, 5.41) is 6.03. The SMILES string of the molecule is CCC(CC)NC(=O)C(C)NCCc1cc(F)cc(F)c1. The van der Waals surface area contributed by atoms with Crippen LogP contribution in [0.25, 0.3) is 0 Å². The van der Waals surface area contributed by atoms with Gasteiger partial charge in [-0.05, 0) is 50.4 Å². The third kappa shape index (κ3) is 6.21. The maximum absolute atomic E-state index is 13.0. The molecule has 21 heavy (non-hydrogen) atoms. The fourth-order valence-corrected chi connectivity index (χ4v) is 2.10. The molecule has 1 unspecified atom stereocenters. The molecule has 3 nitrogen and oxygen atoms in total. The van der Waals surface area contributed by atoms with Gasteiger partial charge in [0.15, 0.2) is 0 Å². The minimum absolute atomic E-state index is 0.0471. The lowest BCUT2D eigenvalue weighted by molar-refractivity contribution is -0.123. The van der Waals surface area contributed by atoms with Crippen molar-refractivity contribution in [3.05, 3.63) is 35.4 Å². The second kappa shape index (κ2) is 8.72. The van der Waals surface area contributed by atoms with Gasteiger partial charge in [-0.3, -0.25) is 4.79 Å². The number of rotatable bonds is 8. The van der Waals surface area contributed by atoms with Crippen molar-refractivity contribution in [1.82, 2.24) is 10.6 Å². The summed E-state index contributed by atoms with van der Waals surface area (Å²) in [6.07, 6.45) is 2.27. The van der Waals surface area contributed by atoms with E-state index in [1.165, 1.54) is 12.1 Å². The van der Waals surface area contributed by atoms with E-state index in [4.69, 9.17) is 0 Å². The van der Waals surface area contributed by atoms with E-state index < -0.39 is 11.6 Å². The summed E-state index contributed by atoms with van der Waals surface area (Å²) in [6, 6.07) is 3.32. The van der Waals surface area contributed by atoms with Gasteiger partial charge < -0.3 is 10.6 Å². The molecule has 0 aliphatic rings. The predicted molar refractivity (Wildman–Crippen MR) is 80.0 cm³/mol. The highest BCUT2D eigenvalue weighted by molar-refractivity contribution is 5.81. The van der Waals surface area contributed by atoms with Crippen LogP contribution in [0.15, 0.2) is 18.2 Å². The molecule has 0 aliphatic heterocycles. The summed E-state index contributed by atoms with van der Waals surface area (Å²) in [6.45, 7) is 6.33. The summed E-state index contributed by atoms with van der Waals surface area (Å²) < 4.78 is 26.1. The molecule has 1 atom stereocenters. The van der Waals surface area contributed by atoms with Gasteiger partial charge in [-0.15, -0.1) is 0 Å². The largest absolute Gasteiger partial charge is 0.352 e. The monoisotopic (exact) mass is 298 g/mol. The molecule has 1 rings (SSSR count). The van der Waals surface area contributed by atoms with Crippen molar-refractivity contribution in [2.75, 3.05) is 6.54 Å². The first kappa shape index (κ1) is 17.6. The molecule has 1 aromatic carbocycles. The quantitative estimate of drug-likeness (QED) is 0.775. The Bertz CT molecular complexity index is 441. The van der Waals surface area contributed by atoms with Gasteiger partial charge in [0.05, 0.1) is 6.04 Å². The number of carbonyl (C=O) groups is 1. The number of nitrogens with one attached hydrogen (secondary N) is 2. The van der Waals surface area contributed by atoms with Crippen molar-refractivity contribution in [1.29, 1.82) is 0 Å². The van der Waals surface area contributed by atoms with Crippen LogP contribution in [0.1, 0.15) is 39.2 Å². The molecule has 0 aromatic heterocycles. The minimum atomic E-state index is -0.579. The second-order valence-corrected chi connectivity index (χ2v) is 5.23. The Kier molecular flexibility index (Phi) is 7.29. The Morgan fingerprint density at radius 1 is 1.14 bits per heavy atom. The average molecular weight is 298 g/mol. The molecule has 2 N–H and O–H groups in total. The van der Waals surface area contributed by atoms with Crippen LogP contribution in [0.4, 0.5) is 8.78 Å². The summed E-state index contributed by atoms with van der Waals surface area (Å²) in [7, 11) is 0. The Morgan fingerprint density at radius 2 is 1.71 bits per heavy atom. The maximum Gasteiger partial charge on any atom is 0.237 e. The third-order valence-corrected chi connectivity index (χ3v) is 3.51. The van der Waals surface area contributed by atoms with Crippen LogP contribution in [0.2, 0.25) is 0 Å². The maximum atomic E-state index is 13.0.